The molecule has 2 aliphatic rings. The highest BCUT2D eigenvalue weighted by Gasteiger charge is 2.32. The number of hydrogen-bond acceptors (Lipinski definition) is 4. The molecule has 0 bridgehead atoms. The first-order chi connectivity index (χ1) is 9.24. The van der Waals surface area contributed by atoms with E-state index in [1.54, 1.807) is 0 Å². The fraction of sp³-hybridized carbons (Fsp3) is 0.929. The van der Waals surface area contributed by atoms with Gasteiger partial charge in [0.25, 0.3) is 0 Å². The molecule has 0 saturated carbocycles. The average Bonchev–Trinajstić information content (AvgIpc) is 2.98. The van der Waals surface area contributed by atoms with Crippen molar-refractivity contribution in [3.8, 4) is 0 Å². The van der Waals surface area contributed by atoms with E-state index >= 15 is 0 Å². The van der Waals surface area contributed by atoms with Crippen molar-refractivity contribution < 1.29 is 9.53 Å². The molecule has 2 fully saturated rings. The SMILES string of the molecule is CCCN(C1CCNC1)C(C)C(=O)N1CCOCC1. The van der Waals surface area contributed by atoms with Gasteiger partial charge in [0.15, 0.2) is 0 Å². The largest absolute Gasteiger partial charge is 0.378 e. The Labute approximate surface area is 116 Å². The summed E-state index contributed by atoms with van der Waals surface area (Å²) in [6.45, 7) is 10.2. The number of nitrogens with one attached hydrogen (secondary N) is 1. The minimum atomic E-state index is -0.0112. The summed E-state index contributed by atoms with van der Waals surface area (Å²) >= 11 is 0. The molecule has 0 aliphatic carbocycles. The summed E-state index contributed by atoms with van der Waals surface area (Å²) in [6.07, 6.45) is 2.25. The lowest BCUT2D eigenvalue weighted by Gasteiger charge is -2.37. The van der Waals surface area contributed by atoms with E-state index in [0.29, 0.717) is 19.3 Å². The summed E-state index contributed by atoms with van der Waals surface area (Å²) in [7, 11) is 0. The fourth-order valence-electron chi connectivity index (χ4n) is 3.06. The Hall–Kier alpha value is -0.650. The van der Waals surface area contributed by atoms with E-state index in [1.165, 1.54) is 0 Å². The highest BCUT2D eigenvalue weighted by atomic mass is 16.5. The van der Waals surface area contributed by atoms with E-state index in [1.807, 2.05) is 4.90 Å². The topological polar surface area (TPSA) is 44.8 Å². The van der Waals surface area contributed by atoms with Crippen molar-refractivity contribution in [2.24, 2.45) is 0 Å². The van der Waals surface area contributed by atoms with Crippen LogP contribution in [0.2, 0.25) is 0 Å². The summed E-state index contributed by atoms with van der Waals surface area (Å²) < 4.78 is 5.32. The van der Waals surface area contributed by atoms with E-state index in [4.69, 9.17) is 4.74 Å². The zero-order valence-corrected chi connectivity index (χ0v) is 12.2. The summed E-state index contributed by atoms with van der Waals surface area (Å²) in [6, 6.07) is 0.503. The number of carbonyl (C=O) groups excluding carboxylic acids is 1. The van der Waals surface area contributed by atoms with Gasteiger partial charge in [0.1, 0.15) is 0 Å². The van der Waals surface area contributed by atoms with Gasteiger partial charge in [0.2, 0.25) is 5.91 Å². The van der Waals surface area contributed by atoms with Crippen molar-refractivity contribution in [2.45, 2.75) is 38.8 Å². The molecular formula is C14H27N3O2. The van der Waals surface area contributed by atoms with Crippen LogP contribution in [0.1, 0.15) is 26.7 Å². The van der Waals surface area contributed by atoms with Gasteiger partial charge in [-0.1, -0.05) is 6.92 Å². The molecule has 5 heteroatoms. The Balaban J connectivity index is 1.96. The number of carbonyl (C=O) groups is 1. The van der Waals surface area contributed by atoms with Crippen molar-refractivity contribution in [3.05, 3.63) is 0 Å². The summed E-state index contributed by atoms with van der Waals surface area (Å²) in [5.74, 6) is 0.267. The molecule has 0 aromatic carbocycles. The number of rotatable bonds is 5. The van der Waals surface area contributed by atoms with Gasteiger partial charge in [0, 0.05) is 25.7 Å². The molecule has 0 spiro atoms. The summed E-state index contributed by atoms with van der Waals surface area (Å²) in [5.41, 5.74) is 0. The highest BCUT2D eigenvalue weighted by molar-refractivity contribution is 5.81. The quantitative estimate of drug-likeness (QED) is 0.780. The van der Waals surface area contributed by atoms with Crippen LogP contribution in [-0.4, -0.2) is 73.7 Å². The third-order valence-corrected chi connectivity index (χ3v) is 4.16. The maximum atomic E-state index is 12.6. The van der Waals surface area contributed by atoms with E-state index in [9.17, 15) is 4.79 Å². The van der Waals surface area contributed by atoms with Gasteiger partial charge in [-0.25, -0.2) is 0 Å². The lowest BCUT2D eigenvalue weighted by molar-refractivity contribution is -0.141. The first-order valence-electron chi connectivity index (χ1n) is 7.57. The maximum absolute atomic E-state index is 12.6. The molecule has 2 aliphatic heterocycles. The van der Waals surface area contributed by atoms with Crippen LogP contribution in [0.3, 0.4) is 0 Å². The van der Waals surface area contributed by atoms with Crippen LogP contribution < -0.4 is 5.32 Å². The van der Waals surface area contributed by atoms with Crippen molar-refractivity contribution in [2.75, 3.05) is 45.9 Å². The zero-order valence-electron chi connectivity index (χ0n) is 12.2. The monoisotopic (exact) mass is 269 g/mol. The van der Waals surface area contributed by atoms with Gasteiger partial charge < -0.3 is 15.0 Å². The van der Waals surface area contributed by atoms with Crippen molar-refractivity contribution in [1.29, 1.82) is 0 Å². The second-order valence-corrected chi connectivity index (χ2v) is 5.50. The Bertz CT molecular complexity index is 286. The standard InChI is InChI=1S/C14H27N3O2/c1-3-6-17(13-4-5-15-11-13)12(2)14(18)16-7-9-19-10-8-16/h12-13,15H,3-11H2,1-2H3. The first-order valence-corrected chi connectivity index (χ1v) is 7.57. The molecule has 0 aromatic heterocycles. The van der Waals surface area contributed by atoms with Gasteiger partial charge >= 0.3 is 0 Å². The van der Waals surface area contributed by atoms with Gasteiger partial charge in [-0.2, -0.15) is 0 Å². The van der Waals surface area contributed by atoms with Crippen LogP contribution in [0.25, 0.3) is 0 Å². The highest BCUT2D eigenvalue weighted by Crippen LogP contribution is 2.15. The number of ether oxygens (including phenoxy) is 1. The molecule has 0 radical (unpaired) electrons. The third-order valence-electron chi connectivity index (χ3n) is 4.16. The molecule has 2 heterocycles. The minimum Gasteiger partial charge on any atom is -0.378 e. The average molecular weight is 269 g/mol. The molecule has 2 atom stereocenters. The van der Waals surface area contributed by atoms with Crippen LogP contribution in [0.4, 0.5) is 0 Å². The predicted molar refractivity (Wildman–Crippen MR) is 75.1 cm³/mol. The fourth-order valence-corrected chi connectivity index (χ4v) is 3.06. The lowest BCUT2D eigenvalue weighted by Crippen LogP contribution is -2.54. The second-order valence-electron chi connectivity index (χ2n) is 5.50. The predicted octanol–water partition coefficient (Wildman–Crippen LogP) is 0.308. The van der Waals surface area contributed by atoms with Crippen LogP contribution in [0, 0.1) is 0 Å². The summed E-state index contributed by atoms with van der Waals surface area (Å²) in [4.78, 5) is 16.9. The first kappa shape index (κ1) is 14.8. The lowest BCUT2D eigenvalue weighted by atomic mass is 10.1. The van der Waals surface area contributed by atoms with E-state index in [0.717, 1.165) is 45.6 Å². The molecule has 110 valence electrons. The Morgan fingerprint density at radius 2 is 2.21 bits per heavy atom. The van der Waals surface area contributed by atoms with Gasteiger partial charge in [0.05, 0.1) is 19.3 Å². The number of nitrogens with zero attached hydrogens (tertiary/aromatic N) is 2. The van der Waals surface area contributed by atoms with Crippen molar-refractivity contribution in [3.63, 3.8) is 0 Å². The minimum absolute atomic E-state index is 0.0112. The van der Waals surface area contributed by atoms with Crippen LogP contribution in [0.5, 0.6) is 0 Å². The van der Waals surface area contributed by atoms with Gasteiger partial charge in [-0.15, -0.1) is 0 Å². The number of morpholine rings is 1. The molecular weight excluding hydrogens is 242 g/mol. The maximum Gasteiger partial charge on any atom is 0.239 e. The van der Waals surface area contributed by atoms with Crippen molar-refractivity contribution in [1.82, 2.24) is 15.1 Å². The smallest absolute Gasteiger partial charge is 0.239 e. The van der Waals surface area contributed by atoms with E-state index in [2.05, 4.69) is 24.1 Å². The molecule has 5 nitrogen and oxygen atoms in total. The van der Waals surface area contributed by atoms with Gasteiger partial charge in [-0.05, 0) is 32.9 Å². The molecule has 2 saturated heterocycles. The second kappa shape index (κ2) is 7.22. The van der Waals surface area contributed by atoms with Crippen molar-refractivity contribution >= 4 is 5.91 Å². The van der Waals surface area contributed by atoms with E-state index in [-0.39, 0.29) is 11.9 Å². The van der Waals surface area contributed by atoms with E-state index < -0.39 is 0 Å². The Kier molecular flexibility index (Phi) is 5.60. The summed E-state index contributed by atoms with van der Waals surface area (Å²) in [5, 5.41) is 3.40. The number of amides is 1. The molecule has 2 rings (SSSR count). The zero-order chi connectivity index (χ0) is 13.7. The molecule has 1 amide bonds. The normalized spacial score (nSPS) is 25.8. The third kappa shape index (κ3) is 3.68. The molecule has 1 N–H and O–H groups in total. The van der Waals surface area contributed by atoms with Crippen LogP contribution in [0.15, 0.2) is 0 Å². The molecule has 19 heavy (non-hydrogen) atoms. The van der Waals surface area contributed by atoms with Gasteiger partial charge in [-0.3, -0.25) is 9.69 Å². The Morgan fingerprint density at radius 3 is 2.79 bits per heavy atom. The molecule has 2 unspecified atom stereocenters. The number of hydrogen-bond donors (Lipinski definition) is 1. The van der Waals surface area contributed by atoms with Crippen LogP contribution in [-0.2, 0) is 9.53 Å². The Morgan fingerprint density at radius 1 is 1.47 bits per heavy atom. The van der Waals surface area contributed by atoms with Crippen LogP contribution >= 0.6 is 0 Å². The molecule has 0 aromatic rings.